The standard InChI is InChI=1S/C14H23N3/c1-12(13-5-4-8-16-11-13)17-9-6-14(2,15-3)7-10-17/h4-5,8,11-12,15H,6-7,9-10H2,1-3H3. The number of pyridine rings is 1. The molecule has 0 aromatic carbocycles. The third kappa shape index (κ3) is 2.85. The van der Waals surface area contributed by atoms with E-state index in [2.05, 4.69) is 42.2 Å². The number of likely N-dealkylation sites (tertiary alicyclic amines) is 1. The van der Waals surface area contributed by atoms with Crippen LogP contribution >= 0.6 is 0 Å². The minimum Gasteiger partial charge on any atom is -0.314 e. The Hall–Kier alpha value is -0.930. The van der Waals surface area contributed by atoms with Crippen molar-refractivity contribution in [2.24, 2.45) is 0 Å². The molecule has 1 atom stereocenters. The Morgan fingerprint density at radius 3 is 2.65 bits per heavy atom. The lowest BCUT2D eigenvalue weighted by molar-refractivity contribution is 0.117. The SMILES string of the molecule is CNC1(C)CCN(C(C)c2cccnc2)CC1. The van der Waals surface area contributed by atoms with Crippen molar-refractivity contribution in [3.05, 3.63) is 30.1 Å². The van der Waals surface area contributed by atoms with Crippen LogP contribution in [0, 0.1) is 0 Å². The van der Waals surface area contributed by atoms with Crippen LogP contribution in [0.2, 0.25) is 0 Å². The lowest BCUT2D eigenvalue weighted by Crippen LogP contribution is -2.50. The summed E-state index contributed by atoms with van der Waals surface area (Å²) in [6.45, 7) is 6.92. The Balaban J connectivity index is 1.97. The zero-order valence-electron chi connectivity index (χ0n) is 11.1. The molecule has 0 radical (unpaired) electrons. The number of nitrogens with zero attached hydrogens (tertiary/aromatic N) is 2. The van der Waals surface area contributed by atoms with Gasteiger partial charge in [-0.05, 0) is 45.4 Å². The molecule has 1 fully saturated rings. The Bertz CT molecular complexity index is 342. The molecule has 0 amide bonds. The van der Waals surface area contributed by atoms with Gasteiger partial charge in [0.2, 0.25) is 0 Å². The van der Waals surface area contributed by atoms with Gasteiger partial charge in [0.05, 0.1) is 0 Å². The van der Waals surface area contributed by atoms with Gasteiger partial charge in [-0.15, -0.1) is 0 Å². The second-order valence-electron chi connectivity index (χ2n) is 5.31. The minimum atomic E-state index is 0.325. The summed E-state index contributed by atoms with van der Waals surface area (Å²) in [5, 5.41) is 3.44. The maximum absolute atomic E-state index is 4.21. The molecule has 0 saturated carbocycles. The first-order valence-corrected chi connectivity index (χ1v) is 6.47. The number of aromatic nitrogens is 1. The summed E-state index contributed by atoms with van der Waals surface area (Å²) in [4.78, 5) is 6.76. The van der Waals surface area contributed by atoms with E-state index < -0.39 is 0 Å². The molecule has 1 aromatic heterocycles. The fraction of sp³-hybridized carbons (Fsp3) is 0.643. The Kier molecular flexibility index (Phi) is 3.79. The molecule has 1 unspecified atom stereocenters. The Morgan fingerprint density at radius 2 is 2.12 bits per heavy atom. The molecule has 1 saturated heterocycles. The van der Waals surface area contributed by atoms with Crippen molar-refractivity contribution in [3.8, 4) is 0 Å². The van der Waals surface area contributed by atoms with Crippen molar-refractivity contribution in [1.82, 2.24) is 15.2 Å². The van der Waals surface area contributed by atoms with Crippen molar-refractivity contribution in [1.29, 1.82) is 0 Å². The van der Waals surface area contributed by atoms with Crippen LogP contribution in [0.3, 0.4) is 0 Å². The van der Waals surface area contributed by atoms with Crippen LogP contribution in [0.4, 0.5) is 0 Å². The van der Waals surface area contributed by atoms with Crippen molar-refractivity contribution < 1.29 is 0 Å². The summed E-state index contributed by atoms with van der Waals surface area (Å²) in [7, 11) is 2.07. The average molecular weight is 233 g/mol. The molecule has 1 N–H and O–H groups in total. The predicted molar refractivity (Wildman–Crippen MR) is 70.9 cm³/mol. The van der Waals surface area contributed by atoms with Crippen LogP contribution in [0.25, 0.3) is 0 Å². The summed E-state index contributed by atoms with van der Waals surface area (Å²) in [6.07, 6.45) is 6.25. The molecule has 3 heteroatoms. The normalized spacial score (nSPS) is 22.3. The first-order chi connectivity index (χ1) is 8.14. The summed E-state index contributed by atoms with van der Waals surface area (Å²) in [5.74, 6) is 0. The van der Waals surface area contributed by atoms with Crippen LogP contribution in [-0.4, -0.2) is 35.6 Å². The van der Waals surface area contributed by atoms with Crippen LogP contribution in [0.5, 0.6) is 0 Å². The molecule has 0 bridgehead atoms. The van der Waals surface area contributed by atoms with Crippen molar-refractivity contribution in [2.75, 3.05) is 20.1 Å². The fourth-order valence-corrected chi connectivity index (χ4v) is 2.49. The van der Waals surface area contributed by atoms with E-state index >= 15 is 0 Å². The molecule has 2 heterocycles. The molecule has 17 heavy (non-hydrogen) atoms. The van der Waals surface area contributed by atoms with E-state index in [1.54, 1.807) is 0 Å². The van der Waals surface area contributed by atoms with Crippen LogP contribution in [-0.2, 0) is 0 Å². The molecule has 0 aliphatic carbocycles. The molecule has 0 spiro atoms. The highest BCUT2D eigenvalue weighted by Crippen LogP contribution is 2.27. The molecule has 2 rings (SSSR count). The second kappa shape index (κ2) is 5.15. The van der Waals surface area contributed by atoms with Crippen molar-refractivity contribution in [2.45, 2.75) is 38.3 Å². The fourth-order valence-electron chi connectivity index (χ4n) is 2.49. The third-order valence-electron chi connectivity index (χ3n) is 4.22. The van der Waals surface area contributed by atoms with E-state index in [0.29, 0.717) is 11.6 Å². The molecule has 1 aliphatic rings. The molecular formula is C14H23N3. The quantitative estimate of drug-likeness (QED) is 0.867. The van der Waals surface area contributed by atoms with Gasteiger partial charge in [0.15, 0.2) is 0 Å². The number of rotatable bonds is 3. The van der Waals surface area contributed by atoms with Gasteiger partial charge >= 0.3 is 0 Å². The van der Waals surface area contributed by atoms with Crippen LogP contribution in [0.15, 0.2) is 24.5 Å². The smallest absolute Gasteiger partial charge is 0.0335 e. The number of piperidine rings is 1. The van der Waals surface area contributed by atoms with Crippen molar-refractivity contribution in [3.63, 3.8) is 0 Å². The summed E-state index contributed by atoms with van der Waals surface area (Å²) in [6, 6.07) is 4.67. The molecule has 1 aliphatic heterocycles. The first-order valence-electron chi connectivity index (χ1n) is 6.47. The lowest BCUT2D eigenvalue weighted by Gasteiger charge is -2.41. The van der Waals surface area contributed by atoms with Gasteiger partial charge in [-0.3, -0.25) is 9.88 Å². The highest BCUT2D eigenvalue weighted by Gasteiger charge is 2.30. The molecule has 3 nitrogen and oxygen atoms in total. The maximum atomic E-state index is 4.21. The minimum absolute atomic E-state index is 0.325. The molecular weight excluding hydrogens is 210 g/mol. The van der Waals surface area contributed by atoms with Crippen molar-refractivity contribution >= 4 is 0 Å². The van der Waals surface area contributed by atoms with Gasteiger partial charge in [0, 0.05) is 37.1 Å². The van der Waals surface area contributed by atoms with E-state index in [-0.39, 0.29) is 0 Å². The predicted octanol–water partition coefficient (Wildman–Crippen LogP) is 2.22. The highest BCUT2D eigenvalue weighted by atomic mass is 15.2. The summed E-state index contributed by atoms with van der Waals surface area (Å²) in [5.41, 5.74) is 1.64. The number of nitrogens with one attached hydrogen (secondary N) is 1. The topological polar surface area (TPSA) is 28.2 Å². The number of hydrogen-bond acceptors (Lipinski definition) is 3. The van der Waals surface area contributed by atoms with Gasteiger partial charge in [0.1, 0.15) is 0 Å². The summed E-state index contributed by atoms with van der Waals surface area (Å²) < 4.78 is 0. The highest BCUT2D eigenvalue weighted by molar-refractivity contribution is 5.13. The largest absolute Gasteiger partial charge is 0.314 e. The van der Waals surface area contributed by atoms with E-state index in [0.717, 1.165) is 13.1 Å². The Morgan fingerprint density at radius 1 is 1.41 bits per heavy atom. The van der Waals surface area contributed by atoms with Gasteiger partial charge in [-0.1, -0.05) is 6.07 Å². The number of hydrogen-bond donors (Lipinski definition) is 1. The lowest BCUT2D eigenvalue weighted by atomic mass is 9.89. The van der Waals surface area contributed by atoms with Gasteiger partial charge in [-0.2, -0.15) is 0 Å². The van der Waals surface area contributed by atoms with E-state index in [9.17, 15) is 0 Å². The molecule has 94 valence electrons. The Labute approximate surface area is 104 Å². The summed E-state index contributed by atoms with van der Waals surface area (Å²) >= 11 is 0. The van der Waals surface area contributed by atoms with E-state index in [1.165, 1.54) is 18.4 Å². The third-order valence-corrected chi connectivity index (χ3v) is 4.22. The van der Waals surface area contributed by atoms with Crippen LogP contribution in [0.1, 0.15) is 38.3 Å². The van der Waals surface area contributed by atoms with Gasteiger partial charge in [-0.25, -0.2) is 0 Å². The van der Waals surface area contributed by atoms with E-state index in [4.69, 9.17) is 0 Å². The van der Waals surface area contributed by atoms with E-state index in [1.807, 2.05) is 18.5 Å². The molecule has 1 aromatic rings. The maximum Gasteiger partial charge on any atom is 0.0335 e. The zero-order valence-corrected chi connectivity index (χ0v) is 11.1. The average Bonchev–Trinajstić information content (AvgIpc) is 2.40. The first kappa shape index (κ1) is 12.5. The van der Waals surface area contributed by atoms with Gasteiger partial charge < -0.3 is 5.32 Å². The monoisotopic (exact) mass is 233 g/mol. The van der Waals surface area contributed by atoms with Gasteiger partial charge in [0.25, 0.3) is 0 Å². The van der Waals surface area contributed by atoms with Crippen LogP contribution < -0.4 is 5.32 Å². The zero-order chi connectivity index (χ0) is 12.3. The second-order valence-corrected chi connectivity index (χ2v) is 5.31.